The van der Waals surface area contributed by atoms with Gasteiger partial charge in [-0.2, -0.15) is 9.61 Å². The van der Waals surface area contributed by atoms with Crippen molar-refractivity contribution in [2.45, 2.75) is 43.3 Å². The normalized spacial score (nSPS) is 35.8. The molecular formula is C19H26N6O. The van der Waals surface area contributed by atoms with E-state index >= 15 is 0 Å². The molecule has 1 saturated carbocycles. The summed E-state index contributed by atoms with van der Waals surface area (Å²) in [5.74, 6) is 1.88. The van der Waals surface area contributed by atoms with E-state index in [0.717, 1.165) is 25.3 Å². The Morgan fingerprint density at radius 1 is 1.31 bits per heavy atom. The highest BCUT2D eigenvalue weighted by molar-refractivity contribution is 5.69. The summed E-state index contributed by atoms with van der Waals surface area (Å²) >= 11 is 0. The van der Waals surface area contributed by atoms with Gasteiger partial charge in [0.15, 0.2) is 0 Å². The molecule has 1 spiro atoms. The molecule has 3 saturated heterocycles. The number of nitrogens with zero attached hydrogens (tertiary/aromatic N) is 6. The first kappa shape index (κ1) is 15.3. The molecule has 0 unspecified atom stereocenters. The van der Waals surface area contributed by atoms with Crippen molar-refractivity contribution in [3.05, 3.63) is 18.1 Å². The molecule has 2 aromatic heterocycles. The molecule has 0 aromatic carbocycles. The summed E-state index contributed by atoms with van der Waals surface area (Å²) in [5.41, 5.74) is 3.31. The Morgan fingerprint density at radius 3 is 3.00 bits per heavy atom. The van der Waals surface area contributed by atoms with E-state index in [-0.39, 0.29) is 5.60 Å². The quantitative estimate of drug-likeness (QED) is 0.830. The largest absolute Gasteiger partial charge is 0.369 e. The average molecular weight is 354 g/mol. The van der Waals surface area contributed by atoms with E-state index in [1.54, 1.807) is 6.33 Å². The lowest BCUT2D eigenvalue weighted by Gasteiger charge is -2.30. The smallest absolute Gasteiger partial charge is 0.200 e. The van der Waals surface area contributed by atoms with Crippen molar-refractivity contribution < 1.29 is 4.74 Å². The van der Waals surface area contributed by atoms with Gasteiger partial charge in [-0.3, -0.25) is 0 Å². The molecule has 1 aliphatic carbocycles. The fourth-order valence-corrected chi connectivity index (χ4v) is 5.68. The summed E-state index contributed by atoms with van der Waals surface area (Å²) in [6, 6.07) is 2.27. The Bertz CT molecular complexity index is 861. The second-order valence-electron chi connectivity index (χ2n) is 9.00. The molecule has 4 fully saturated rings. The Balaban J connectivity index is 1.37. The van der Waals surface area contributed by atoms with Crippen molar-refractivity contribution in [1.29, 1.82) is 0 Å². The lowest BCUT2D eigenvalue weighted by atomic mass is 9.73. The number of hydrogen-bond acceptors (Lipinski definition) is 6. The fraction of sp³-hybridized carbons (Fsp3) is 0.737. The number of hydrogen-bond donors (Lipinski definition) is 0. The second kappa shape index (κ2) is 5.16. The highest BCUT2D eigenvalue weighted by Crippen LogP contribution is 2.55. The van der Waals surface area contributed by atoms with Crippen LogP contribution in [-0.4, -0.2) is 70.1 Å². The van der Waals surface area contributed by atoms with Crippen LogP contribution in [0.15, 0.2) is 12.4 Å². The first-order valence-electron chi connectivity index (χ1n) is 9.91. The minimum atomic E-state index is 0.0470. The highest BCUT2D eigenvalue weighted by Gasteiger charge is 2.63. The zero-order valence-electron chi connectivity index (χ0n) is 15.5. The lowest BCUT2D eigenvalue weighted by molar-refractivity contribution is 0.0137. The second-order valence-corrected chi connectivity index (χ2v) is 9.00. The summed E-state index contributed by atoms with van der Waals surface area (Å²) < 4.78 is 8.47. The third kappa shape index (κ3) is 2.10. The average Bonchev–Trinajstić information content (AvgIpc) is 2.98. The van der Waals surface area contributed by atoms with Crippen LogP contribution in [0.2, 0.25) is 0 Å². The van der Waals surface area contributed by atoms with E-state index in [9.17, 15) is 0 Å². The van der Waals surface area contributed by atoms with Crippen LogP contribution in [0.25, 0.3) is 5.65 Å². The van der Waals surface area contributed by atoms with Crippen LogP contribution < -0.4 is 4.90 Å². The van der Waals surface area contributed by atoms with Crippen molar-refractivity contribution in [2.75, 3.05) is 38.6 Å². The molecule has 5 heterocycles. The molecule has 0 amide bonds. The minimum absolute atomic E-state index is 0.0470. The molecule has 138 valence electrons. The third-order valence-electron chi connectivity index (χ3n) is 6.96. The van der Waals surface area contributed by atoms with Crippen LogP contribution in [-0.2, 0) is 4.74 Å². The summed E-state index contributed by atoms with van der Waals surface area (Å²) in [5, 5.41) is 13.2. The van der Waals surface area contributed by atoms with Gasteiger partial charge in [0.25, 0.3) is 0 Å². The summed E-state index contributed by atoms with van der Waals surface area (Å²) in [6.07, 6.45) is 7.11. The Kier molecular flexibility index (Phi) is 3.05. The van der Waals surface area contributed by atoms with Gasteiger partial charge in [-0.05, 0) is 45.8 Å². The van der Waals surface area contributed by atoms with Gasteiger partial charge in [-0.15, -0.1) is 10.2 Å². The SMILES string of the molecule is CN(C)C[C@H]1[C@@H]2CC[C@@]3(CN(c4cc(C5CC5)nn5cnnc45)C[C@@H]13)O2. The summed E-state index contributed by atoms with van der Waals surface area (Å²) in [7, 11) is 4.35. The van der Waals surface area contributed by atoms with Crippen molar-refractivity contribution in [1.82, 2.24) is 24.7 Å². The molecule has 4 aliphatic rings. The standard InChI is InChI=1S/C19H26N6O/c1-23(2)8-13-14-9-24(10-19(14)6-5-17(13)26-19)16-7-15(12-3-4-12)22-25-11-20-21-18(16)25/h7,11-14,17H,3-6,8-10H2,1-2H3/t13-,14+,17+,19+/m1/s1. The molecular weight excluding hydrogens is 328 g/mol. The van der Waals surface area contributed by atoms with Gasteiger partial charge in [-0.1, -0.05) is 0 Å². The van der Waals surface area contributed by atoms with E-state index in [1.807, 2.05) is 4.52 Å². The molecule has 0 N–H and O–H groups in total. The van der Waals surface area contributed by atoms with Crippen molar-refractivity contribution in [3.8, 4) is 0 Å². The van der Waals surface area contributed by atoms with Gasteiger partial charge in [0.1, 0.15) is 6.33 Å². The highest BCUT2D eigenvalue weighted by atomic mass is 16.5. The van der Waals surface area contributed by atoms with Gasteiger partial charge in [0.2, 0.25) is 5.65 Å². The van der Waals surface area contributed by atoms with Crippen LogP contribution in [0.1, 0.15) is 37.3 Å². The third-order valence-corrected chi connectivity index (χ3v) is 6.96. The van der Waals surface area contributed by atoms with Gasteiger partial charge >= 0.3 is 0 Å². The molecule has 3 aliphatic heterocycles. The van der Waals surface area contributed by atoms with E-state index in [4.69, 9.17) is 9.84 Å². The minimum Gasteiger partial charge on any atom is -0.369 e. The molecule has 26 heavy (non-hydrogen) atoms. The van der Waals surface area contributed by atoms with Gasteiger partial charge < -0.3 is 14.5 Å². The van der Waals surface area contributed by atoms with Crippen LogP contribution >= 0.6 is 0 Å². The summed E-state index contributed by atoms with van der Waals surface area (Å²) in [6.45, 7) is 3.16. The van der Waals surface area contributed by atoms with Crippen LogP contribution in [0.5, 0.6) is 0 Å². The topological polar surface area (TPSA) is 58.8 Å². The first-order valence-corrected chi connectivity index (χ1v) is 9.91. The molecule has 0 radical (unpaired) electrons. The van der Waals surface area contributed by atoms with Gasteiger partial charge in [-0.25, -0.2) is 0 Å². The lowest BCUT2D eigenvalue weighted by Crippen LogP contribution is -2.40. The predicted molar refractivity (Wildman–Crippen MR) is 97.3 cm³/mol. The van der Waals surface area contributed by atoms with Crippen LogP contribution in [0, 0.1) is 11.8 Å². The number of anilines is 1. The molecule has 6 rings (SSSR count). The van der Waals surface area contributed by atoms with Crippen molar-refractivity contribution in [3.63, 3.8) is 0 Å². The molecule has 2 bridgehead atoms. The zero-order chi connectivity index (χ0) is 17.5. The van der Waals surface area contributed by atoms with E-state index in [2.05, 4.69) is 40.2 Å². The zero-order valence-corrected chi connectivity index (χ0v) is 15.5. The van der Waals surface area contributed by atoms with Crippen molar-refractivity contribution in [2.24, 2.45) is 11.8 Å². The molecule has 4 atom stereocenters. The van der Waals surface area contributed by atoms with Crippen molar-refractivity contribution >= 4 is 11.3 Å². The van der Waals surface area contributed by atoms with Crippen LogP contribution in [0.4, 0.5) is 5.69 Å². The Labute approximate surface area is 153 Å². The number of aromatic nitrogens is 4. The maximum Gasteiger partial charge on any atom is 0.200 e. The molecule has 7 heteroatoms. The summed E-state index contributed by atoms with van der Waals surface area (Å²) in [4.78, 5) is 4.83. The number of ether oxygens (including phenoxy) is 1. The molecule has 7 nitrogen and oxygen atoms in total. The monoisotopic (exact) mass is 354 g/mol. The number of rotatable bonds is 4. The first-order chi connectivity index (χ1) is 12.6. The Morgan fingerprint density at radius 2 is 2.19 bits per heavy atom. The maximum absolute atomic E-state index is 6.61. The van der Waals surface area contributed by atoms with E-state index < -0.39 is 0 Å². The van der Waals surface area contributed by atoms with Gasteiger partial charge in [0, 0.05) is 37.4 Å². The number of fused-ring (bicyclic) bond motifs is 2. The fourth-order valence-electron chi connectivity index (χ4n) is 5.68. The Hall–Kier alpha value is -1.73. The van der Waals surface area contributed by atoms with E-state index in [1.165, 1.54) is 37.1 Å². The maximum atomic E-state index is 6.61. The molecule has 2 aromatic rings. The van der Waals surface area contributed by atoms with E-state index in [0.29, 0.717) is 23.9 Å². The van der Waals surface area contributed by atoms with Gasteiger partial charge in [0.05, 0.1) is 23.1 Å². The van der Waals surface area contributed by atoms with Crippen LogP contribution in [0.3, 0.4) is 0 Å². The predicted octanol–water partition coefficient (Wildman–Crippen LogP) is 1.55.